The molecule has 1 saturated heterocycles. The van der Waals surface area contributed by atoms with Crippen LogP contribution < -0.4 is 0 Å². The molecule has 0 aromatic heterocycles. The summed E-state index contributed by atoms with van der Waals surface area (Å²) in [7, 11) is 0. The van der Waals surface area contributed by atoms with Crippen LogP contribution in [0.5, 0.6) is 0 Å². The first-order valence-electron chi connectivity index (χ1n) is 5.64. The first-order valence-corrected chi connectivity index (χ1v) is 5.64. The van der Waals surface area contributed by atoms with E-state index in [0.717, 1.165) is 24.9 Å². The van der Waals surface area contributed by atoms with Crippen LogP contribution in [0.1, 0.15) is 38.5 Å². The van der Waals surface area contributed by atoms with Crippen molar-refractivity contribution < 1.29 is 9.84 Å². The lowest BCUT2D eigenvalue weighted by Gasteiger charge is -2.22. The number of aliphatic hydroxyl groups excluding tert-OH is 1. The van der Waals surface area contributed by atoms with E-state index in [4.69, 9.17) is 9.84 Å². The fourth-order valence-corrected chi connectivity index (χ4v) is 2.52. The summed E-state index contributed by atoms with van der Waals surface area (Å²) in [4.78, 5) is 0. The highest BCUT2D eigenvalue weighted by Gasteiger charge is 2.37. The van der Waals surface area contributed by atoms with Crippen LogP contribution in [0.3, 0.4) is 0 Å². The third-order valence-electron chi connectivity index (χ3n) is 3.37. The minimum Gasteiger partial charge on any atom is -0.396 e. The molecular formula is C11H20O2. The van der Waals surface area contributed by atoms with E-state index in [1.54, 1.807) is 0 Å². The molecule has 76 valence electrons. The van der Waals surface area contributed by atoms with Gasteiger partial charge in [0, 0.05) is 13.2 Å². The number of ether oxygens (including phenoxy) is 1. The van der Waals surface area contributed by atoms with Crippen molar-refractivity contribution in [1.82, 2.24) is 0 Å². The predicted octanol–water partition coefficient (Wildman–Crippen LogP) is 1.96. The summed E-state index contributed by atoms with van der Waals surface area (Å²) in [6, 6.07) is 0. The molecule has 2 fully saturated rings. The van der Waals surface area contributed by atoms with E-state index in [1.165, 1.54) is 32.1 Å². The topological polar surface area (TPSA) is 29.5 Å². The van der Waals surface area contributed by atoms with Crippen molar-refractivity contribution in [3.8, 4) is 0 Å². The Bertz CT molecular complexity index is 148. The fourth-order valence-electron chi connectivity index (χ4n) is 2.52. The highest BCUT2D eigenvalue weighted by molar-refractivity contribution is 4.87. The molecule has 2 heteroatoms. The van der Waals surface area contributed by atoms with E-state index in [-0.39, 0.29) is 0 Å². The Hall–Kier alpha value is -0.0800. The minimum atomic E-state index is 0.343. The third kappa shape index (κ3) is 2.44. The van der Waals surface area contributed by atoms with Gasteiger partial charge in [0.2, 0.25) is 0 Å². The van der Waals surface area contributed by atoms with Gasteiger partial charge in [0.1, 0.15) is 0 Å². The van der Waals surface area contributed by atoms with E-state index in [9.17, 15) is 0 Å². The van der Waals surface area contributed by atoms with Crippen molar-refractivity contribution >= 4 is 0 Å². The second-order valence-corrected chi connectivity index (χ2v) is 4.42. The summed E-state index contributed by atoms with van der Waals surface area (Å²) in [6.07, 6.45) is 7.96. The number of aliphatic hydroxyl groups is 1. The quantitative estimate of drug-likeness (QED) is 0.707. The zero-order valence-corrected chi connectivity index (χ0v) is 8.24. The molecule has 0 radical (unpaired) electrons. The van der Waals surface area contributed by atoms with E-state index >= 15 is 0 Å². The third-order valence-corrected chi connectivity index (χ3v) is 3.37. The maximum Gasteiger partial charge on any atom is 0.0606 e. The molecule has 2 rings (SSSR count). The van der Waals surface area contributed by atoms with Crippen molar-refractivity contribution in [2.75, 3.05) is 13.2 Å². The first-order chi connectivity index (χ1) is 6.42. The number of hydrogen-bond donors (Lipinski definition) is 1. The van der Waals surface area contributed by atoms with Gasteiger partial charge in [-0.15, -0.1) is 0 Å². The molecule has 2 aliphatic rings. The smallest absolute Gasteiger partial charge is 0.0606 e. The van der Waals surface area contributed by atoms with Gasteiger partial charge in [-0.05, 0) is 50.4 Å². The molecular weight excluding hydrogens is 164 g/mol. The summed E-state index contributed by atoms with van der Waals surface area (Å²) >= 11 is 0. The van der Waals surface area contributed by atoms with Gasteiger partial charge in [-0.25, -0.2) is 0 Å². The van der Waals surface area contributed by atoms with Crippen molar-refractivity contribution in [3.05, 3.63) is 0 Å². The Morgan fingerprint density at radius 3 is 2.69 bits per heavy atom. The molecule has 2 atom stereocenters. The minimum absolute atomic E-state index is 0.343. The normalized spacial score (nSPS) is 30.7. The zero-order valence-electron chi connectivity index (χ0n) is 8.24. The standard InChI is InChI=1S/C11H20O2/c12-7-1-3-10(9-5-6-9)11-4-2-8-13-11/h9-12H,1-8H2. The largest absolute Gasteiger partial charge is 0.396 e. The van der Waals surface area contributed by atoms with Crippen molar-refractivity contribution in [1.29, 1.82) is 0 Å². The van der Waals surface area contributed by atoms with Gasteiger partial charge in [-0.2, -0.15) is 0 Å². The van der Waals surface area contributed by atoms with Gasteiger partial charge >= 0.3 is 0 Å². The lowest BCUT2D eigenvalue weighted by Crippen LogP contribution is -2.21. The van der Waals surface area contributed by atoms with Gasteiger partial charge in [0.05, 0.1) is 6.10 Å². The van der Waals surface area contributed by atoms with Crippen molar-refractivity contribution in [2.24, 2.45) is 11.8 Å². The molecule has 0 aromatic carbocycles. The summed E-state index contributed by atoms with van der Waals surface area (Å²) in [6.45, 7) is 1.31. The molecule has 1 aliphatic heterocycles. The molecule has 1 heterocycles. The maximum atomic E-state index is 8.82. The van der Waals surface area contributed by atoms with Gasteiger partial charge < -0.3 is 9.84 Å². The first kappa shape index (κ1) is 9.47. The zero-order chi connectivity index (χ0) is 9.10. The Kier molecular flexibility index (Phi) is 3.23. The molecule has 1 N–H and O–H groups in total. The summed E-state index contributed by atoms with van der Waals surface area (Å²) in [5.74, 6) is 1.68. The average molecular weight is 184 g/mol. The van der Waals surface area contributed by atoms with Crippen LogP contribution in [0.4, 0.5) is 0 Å². The van der Waals surface area contributed by atoms with Gasteiger partial charge in [0.25, 0.3) is 0 Å². The van der Waals surface area contributed by atoms with Gasteiger partial charge in [-0.3, -0.25) is 0 Å². The SMILES string of the molecule is OCCCC(C1CC1)C1CCCO1. The summed E-state index contributed by atoms with van der Waals surface area (Å²) < 4.78 is 5.73. The molecule has 2 unspecified atom stereocenters. The molecule has 1 saturated carbocycles. The number of hydrogen-bond acceptors (Lipinski definition) is 2. The van der Waals surface area contributed by atoms with Crippen LogP contribution in [-0.4, -0.2) is 24.4 Å². The van der Waals surface area contributed by atoms with E-state index in [1.807, 2.05) is 0 Å². The van der Waals surface area contributed by atoms with Crippen LogP contribution in [0.25, 0.3) is 0 Å². The molecule has 0 amide bonds. The molecule has 13 heavy (non-hydrogen) atoms. The Labute approximate surface area is 80.3 Å². The monoisotopic (exact) mass is 184 g/mol. The van der Waals surface area contributed by atoms with Crippen LogP contribution in [0.15, 0.2) is 0 Å². The molecule has 0 aromatic rings. The lowest BCUT2D eigenvalue weighted by atomic mass is 9.90. The molecule has 0 spiro atoms. The maximum absolute atomic E-state index is 8.82. The van der Waals surface area contributed by atoms with E-state index in [0.29, 0.717) is 12.7 Å². The Morgan fingerprint density at radius 2 is 2.15 bits per heavy atom. The highest BCUT2D eigenvalue weighted by atomic mass is 16.5. The van der Waals surface area contributed by atoms with Crippen molar-refractivity contribution in [3.63, 3.8) is 0 Å². The van der Waals surface area contributed by atoms with E-state index < -0.39 is 0 Å². The number of rotatable bonds is 5. The van der Waals surface area contributed by atoms with Gasteiger partial charge in [0.15, 0.2) is 0 Å². The fraction of sp³-hybridized carbons (Fsp3) is 1.00. The van der Waals surface area contributed by atoms with Crippen LogP contribution >= 0.6 is 0 Å². The Morgan fingerprint density at radius 1 is 1.31 bits per heavy atom. The molecule has 1 aliphatic carbocycles. The van der Waals surface area contributed by atoms with Crippen LogP contribution in [0, 0.1) is 11.8 Å². The second-order valence-electron chi connectivity index (χ2n) is 4.42. The predicted molar refractivity (Wildman–Crippen MR) is 51.5 cm³/mol. The molecule has 0 bridgehead atoms. The molecule has 2 nitrogen and oxygen atoms in total. The summed E-state index contributed by atoms with van der Waals surface area (Å²) in [5.41, 5.74) is 0. The lowest BCUT2D eigenvalue weighted by molar-refractivity contribution is 0.0477. The van der Waals surface area contributed by atoms with Crippen LogP contribution in [-0.2, 0) is 4.74 Å². The highest BCUT2D eigenvalue weighted by Crippen LogP contribution is 2.43. The van der Waals surface area contributed by atoms with Crippen molar-refractivity contribution in [2.45, 2.75) is 44.6 Å². The van der Waals surface area contributed by atoms with Gasteiger partial charge in [-0.1, -0.05) is 0 Å². The van der Waals surface area contributed by atoms with E-state index in [2.05, 4.69) is 0 Å². The van der Waals surface area contributed by atoms with Crippen LogP contribution in [0.2, 0.25) is 0 Å². The Balaban J connectivity index is 1.80. The average Bonchev–Trinajstić information content (AvgIpc) is 2.82. The second kappa shape index (κ2) is 4.43. The summed E-state index contributed by atoms with van der Waals surface area (Å²) in [5, 5.41) is 8.82.